The van der Waals surface area contributed by atoms with Crippen LogP contribution in [0.2, 0.25) is 0 Å². The highest BCUT2D eigenvalue weighted by atomic mass is 14.6. The number of benzene rings is 1. The summed E-state index contributed by atoms with van der Waals surface area (Å²) in [5.74, 6) is 0. The van der Waals surface area contributed by atoms with Gasteiger partial charge < -0.3 is 0 Å². The maximum atomic E-state index is 4.20. The Kier molecular flexibility index (Phi) is 2.61. The van der Waals surface area contributed by atoms with Crippen molar-refractivity contribution < 1.29 is 0 Å². The lowest BCUT2D eigenvalue weighted by atomic mass is 9.91. The predicted molar refractivity (Wildman–Crippen MR) is 67.6 cm³/mol. The summed E-state index contributed by atoms with van der Waals surface area (Å²) in [6, 6.07) is 6.84. The predicted octanol–water partition coefficient (Wildman–Crippen LogP) is 3.89. The van der Waals surface area contributed by atoms with Crippen LogP contribution in [0.1, 0.15) is 36.8 Å². The van der Waals surface area contributed by atoms with E-state index in [0.717, 1.165) is 0 Å². The highest BCUT2D eigenvalue weighted by Crippen LogP contribution is 2.25. The van der Waals surface area contributed by atoms with Crippen molar-refractivity contribution in [2.24, 2.45) is 0 Å². The molecule has 0 radical (unpaired) electrons. The molecule has 0 N–H and O–H groups in total. The molecule has 0 atom stereocenters. The van der Waals surface area contributed by atoms with E-state index in [4.69, 9.17) is 0 Å². The summed E-state index contributed by atoms with van der Waals surface area (Å²) < 4.78 is 0. The summed E-state index contributed by atoms with van der Waals surface area (Å²) in [7, 11) is 0. The van der Waals surface area contributed by atoms with Crippen LogP contribution in [0.4, 0.5) is 0 Å². The smallest absolute Gasteiger partial charge is 0.0346 e. The molecule has 0 unspecified atom stereocenters. The molecule has 1 heteroatoms. The van der Waals surface area contributed by atoms with Gasteiger partial charge in [-0.3, -0.25) is 4.98 Å². The Bertz CT molecular complexity index is 455. The number of rotatable bonds is 0. The Balaban J connectivity index is 2.12. The molecule has 1 nitrogen and oxygen atoms in total. The molecule has 0 aliphatic heterocycles. The molecule has 82 valence electrons. The molecular formula is C15H17N. The van der Waals surface area contributed by atoms with Gasteiger partial charge >= 0.3 is 0 Å². The van der Waals surface area contributed by atoms with Crippen LogP contribution in [-0.4, -0.2) is 4.98 Å². The van der Waals surface area contributed by atoms with Crippen molar-refractivity contribution >= 4 is 10.8 Å². The summed E-state index contributed by atoms with van der Waals surface area (Å²) in [6.45, 7) is 0. The van der Waals surface area contributed by atoms with E-state index in [0.29, 0.717) is 0 Å². The highest BCUT2D eigenvalue weighted by Gasteiger charge is 2.08. The third-order valence-electron chi connectivity index (χ3n) is 3.60. The molecule has 0 saturated heterocycles. The van der Waals surface area contributed by atoms with Gasteiger partial charge in [0.05, 0.1) is 0 Å². The van der Waals surface area contributed by atoms with E-state index in [1.807, 2.05) is 12.4 Å². The standard InChI is InChI=1S/C15H17N/c1-2-4-6-13-10-15-11-16-8-7-14(15)9-12(13)5-3-1/h7-11H,1-6H2. The van der Waals surface area contributed by atoms with Crippen molar-refractivity contribution in [3.63, 3.8) is 0 Å². The molecule has 1 aliphatic rings. The summed E-state index contributed by atoms with van der Waals surface area (Å²) in [5, 5.41) is 2.64. The van der Waals surface area contributed by atoms with Gasteiger partial charge in [0, 0.05) is 17.8 Å². The minimum absolute atomic E-state index is 1.25. The molecule has 0 spiro atoms. The maximum absolute atomic E-state index is 4.20. The maximum Gasteiger partial charge on any atom is 0.0346 e. The topological polar surface area (TPSA) is 12.9 Å². The van der Waals surface area contributed by atoms with Gasteiger partial charge in [-0.2, -0.15) is 0 Å². The molecule has 1 aromatic heterocycles. The number of hydrogen-bond donors (Lipinski definition) is 0. The Morgan fingerprint density at radius 3 is 2.25 bits per heavy atom. The fourth-order valence-corrected chi connectivity index (χ4v) is 2.68. The van der Waals surface area contributed by atoms with Gasteiger partial charge in [0.1, 0.15) is 0 Å². The molecule has 1 aromatic carbocycles. The minimum atomic E-state index is 1.25. The lowest BCUT2D eigenvalue weighted by molar-refractivity contribution is 0.617. The van der Waals surface area contributed by atoms with E-state index in [1.54, 1.807) is 11.1 Å². The number of nitrogens with zero attached hydrogens (tertiary/aromatic N) is 1. The fraction of sp³-hybridized carbons (Fsp3) is 0.400. The van der Waals surface area contributed by atoms with Gasteiger partial charge in [0.25, 0.3) is 0 Å². The third-order valence-corrected chi connectivity index (χ3v) is 3.60. The van der Waals surface area contributed by atoms with Gasteiger partial charge in [-0.05, 0) is 54.3 Å². The van der Waals surface area contributed by atoms with Gasteiger partial charge in [0.2, 0.25) is 0 Å². The van der Waals surface area contributed by atoms with Crippen molar-refractivity contribution in [3.8, 4) is 0 Å². The van der Waals surface area contributed by atoms with Crippen molar-refractivity contribution in [2.75, 3.05) is 0 Å². The number of fused-ring (bicyclic) bond motifs is 2. The first-order valence-electron chi connectivity index (χ1n) is 6.29. The summed E-state index contributed by atoms with van der Waals surface area (Å²) in [6.07, 6.45) is 11.9. The molecule has 16 heavy (non-hydrogen) atoms. The first kappa shape index (κ1) is 9.83. The third kappa shape index (κ3) is 1.82. The van der Waals surface area contributed by atoms with Crippen molar-refractivity contribution in [3.05, 3.63) is 41.7 Å². The minimum Gasteiger partial charge on any atom is -0.264 e. The van der Waals surface area contributed by atoms with E-state index < -0.39 is 0 Å². The molecule has 1 heterocycles. The monoisotopic (exact) mass is 211 g/mol. The molecule has 0 bridgehead atoms. The van der Waals surface area contributed by atoms with Gasteiger partial charge in [-0.1, -0.05) is 18.9 Å². The van der Waals surface area contributed by atoms with Crippen LogP contribution >= 0.6 is 0 Å². The Morgan fingerprint density at radius 1 is 0.812 bits per heavy atom. The second kappa shape index (κ2) is 4.25. The van der Waals surface area contributed by atoms with Crippen LogP contribution < -0.4 is 0 Å². The van der Waals surface area contributed by atoms with Crippen LogP contribution in [0, 0.1) is 0 Å². The van der Waals surface area contributed by atoms with E-state index >= 15 is 0 Å². The summed E-state index contributed by atoms with van der Waals surface area (Å²) >= 11 is 0. The van der Waals surface area contributed by atoms with Crippen molar-refractivity contribution in [2.45, 2.75) is 38.5 Å². The van der Waals surface area contributed by atoms with Crippen molar-refractivity contribution in [1.82, 2.24) is 4.98 Å². The molecule has 1 aliphatic carbocycles. The first-order valence-corrected chi connectivity index (χ1v) is 6.29. The molecule has 0 saturated carbocycles. The average molecular weight is 211 g/mol. The summed E-state index contributed by atoms with van der Waals surface area (Å²) in [5.41, 5.74) is 3.12. The zero-order valence-corrected chi connectivity index (χ0v) is 9.58. The van der Waals surface area contributed by atoms with Crippen molar-refractivity contribution in [1.29, 1.82) is 0 Å². The second-order valence-corrected chi connectivity index (χ2v) is 4.76. The van der Waals surface area contributed by atoms with Crippen LogP contribution in [0.15, 0.2) is 30.6 Å². The number of aryl methyl sites for hydroxylation is 2. The fourth-order valence-electron chi connectivity index (χ4n) is 2.68. The quantitative estimate of drug-likeness (QED) is 0.644. The number of pyridine rings is 1. The Hall–Kier alpha value is -1.37. The normalized spacial score (nSPS) is 16.5. The molecule has 0 fully saturated rings. The molecule has 0 amide bonds. The van der Waals surface area contributed by atoms with Crippen LogP contribution in [0.5, 0.6) is 0 Å². The van der Waals surface area contributed by atoms with E-state index in [2.05, 4.69) is 23.2 Å². The molecule has 2 aromatic rings. The van der Waals surface area contributed by atoms with Gasteiger partial charge in [0.15, 0.2) is 0 Å². The SMILES string of the molecule is c1cc2cc3c(cc2cn1)CCCCCC3. The lowest BCUT2D eigenvalue weighted by Crippen LogP contribution is -1.99. The van der Waals surface area contributed by atoms with Crippen LogP contribution in [0.25, 0.3) is 10.8 Å². The molecular weight excluding hydrogens is 194 g/mol. The van der Waals surface area contributed by atoms with Gasteiger partial charge in [-0.15, -0.1) is 0 Å². The zero-order chi connectivity index (χ0) is 10.8. The second-order valence-electron chi connectivity index (χ2n) is 4.76. The lowest BCUT2D eigenvalue weighted by Gasteiger charge is -2.14. The largest absolute Gasteiger partial charge is 0.264 e. The van der Waals surface area contributed by atoms with Gasteiger partial charge in [-0.25, -0.2) is 0 Å². The Morgan fingerprint density at radius 2 is 1.50 bits per heavy atom. The number of aromatic nitrogens is 1. The summed E-state index contributed by atoms with van der Waals surface area (Å²) in [4.78, 5) is 4.20. The average Bonchev–Trinajstić information content (AvgIpc) is 2.29. The van der Waals surface area contributed by atoms with E-state index in [-0.39, 0.29) is 0 Å². The van der Waals surface area contributed by atoms with E-state index in [9.17, 15) is 0 Å². The Labute approximate surface area is 96.5 Å². The van der Waals surface area contributed by atoms with E-state index in [1.165, 1.54) is 49.3 Å². The van der Waals surface area contributed by atoms with Crippen LogP contribution in [-0.2, 0) is 12.8 Å². The van der Waals surface area contributed by atoms with Crippen LogP contribution in [0.3, 0.4) is 0 Å². The first-order chi connectivity index (χ1) is 7.93. The zero-order valence-electron chi connectivity index (χ0n) is 9.58. The molecule has 3 rings (SSSR count). The number of hydrogen-bond acceptors (Lipinski definition) is 1. The highest BCUT2D eigenvalue weighted by molar-refractivity contribution is 5.83.